The standard InChI is InChI=1S/C34H27N5O3S/c40-32(26-11-5-2-6-12-26)39-30(22-24-8-7-19-36-23-24)33(41)37-27-13-15-29(16-14-27)43-31(25-9-3-1-4-10-25)34(42)38-28-17-20-35-21-18-28/h1-23,31H,(H,37,41)(H,39,40)(H,35,38,42)/b30-22-. The number of benzene rings is 3. The van der Waals surface area contributed by atoms with Crippen molar-refractivity contribution < 1.29 is 14.4 Å². The van der Waals surface area contributed by atoms with E-state index in [4.69, 9.17) is 0 Å². The Morgan fingerprint density at radius 1 is 0.674 bits per heavy atom. The van der Waals surface area contributed by atoms with E-state index < -0.39 is 17.1 Å². The van der Waals surface area contributed by atoms with Crippen LogP contribution in [0.25, 0.3) is 6.08 Å². The van der Waals surface area contributed by atoms with Crippen LogP contribution in [0.5, 0.6) is 0 Å². The summed E-state index contributed by atoms with van der Waals surface area (Å²) < 4.78 is 0. The van der Waals surface area contributed by atoms with Crippen molar-refractivity contribution in [1.82, 2.24) is 15.3 Å². The summed E-state index contributed by atoms with van der Waals surface area (Å²) in [6.45, 7) is 0. The molecule has 0 saturated heterocycles. The molecule has 8 nitrogen and oxygen atoms in total. The number of amides is 3. The summed E-state index contributed by atoms with van der Waals surface area (Å²) in [5.41, 5.74) is 3.19. The highest BCUT2D eigenvalue weighted by molar-refractivity contribution is 8.00. The number of nitrogens with zero attached hydrogens (tertiary/aromatic N) is 2. The van der Waals surface area contributed by atoms with Gasteiger partial charge in [-0.05, 0) is 71.8 Å². The highest BCUT2D eigenvalue weighted by Crippen LogP contribution is 2.36. The van der Waals surface area contributed by atoms with E-state index in [0.717, 1.165) is 10.5 Å². The molecular formula is C34H27N5O3S. The number of rotatable bonds is 10. The number of thioether (sulfide) groups is 1. The quantitative estimate of drug-likeness (QED) is 0.130. The number of aromatic nitrogens is 2. The molecule has 3 aromatic carbocycles. The molecular weight excluding hydrogens is 558 g/mol. The van der Waals surface area contributed by atoms with E-state index in [-0.39, 0.29) is 11.6 Å². The fourth-order valence-corrected chi connectivity index (χ4v) is 5.09. The Hall–Kier alpha value is -5.54. The van der Waals surface area contributed by atoms with Crippen LogP contribution < -0.4 is 16.0 Å². The van der Waals surface area contributed by atoms with Gasteiger partial charge in [-0.2, -0.15) is 0 Å². The molecule has 0 radical (unpaired) electrons. The lowest BCUT2D eigenvalue weighted by Gasteiger charge is -2.17. The van der Waals surface area contributed by atoms with Crippen molar-refractivity contribution in [2.45, 2.75) is 10.1 Å². The molecule has 0 aliphatic heterocycles. The summed E-state index contributed by atoms with van der Waals surface area (Å²) in [5.74, 6) is -1.07. The minimum atomic E-state index is -0.517. The average molecular weight is 586 g/mol. The van der Waals surface area contributed by atoms with Crippen molar-refractivity contribution in [3.8, 4) is 0 Å². The maximum absolute atomic E-state index is 13.3. The molecule has 1 unspecified atom stereocenters. The summed E-state index contributed by atoms with van der Waals surface area (Å²) >= 11 is 1.40. The molecule has 0 aliphatic carbocycles. The Labute approximate surface area is 253 Å². The average Bonchev–Trinajstić information content (AvgIpc) is 3.05. The number of hydrogen-bond acceptors (Lipinski definition) is 6. The first kappa shape index (κ1) is 29.0. The third-order valence-corrected chi connectivity index (χ3v) is 7.44. The Morgan fingerprint density at radius 2 is 1.35 bits per heavy atom. The van der Waals surface area contributed by atoms with E-state index in [1.54, 1.807) is 91.5 Å². The summed E-state index contributed by atoms with van der Waals surface area (Å²) in [5, 5.41) is 8.01. The van der Waals surface area contributed by atoms with Crippen LogP contribution in [-0.4, -0.2) is 27.7 Å². The SMILES string of the molecule is O=C(Nc1ccc(SC(C(=O)Nc2ccncc2)c2ccccc2)cc1)/C(=C/c1cccnc1)NC(=O)c1ccccc1. The van der Waals surface area contributed by atoms with Crippen molar-refractivity contribution in [3.05, 3.63) is 156 Å². The topological polar surface area (TPSA) is 113 Å². The van der Waals surface area contributed by atoms with Crippen LogP contribution >= 0.6 is 11.8 Å². The van der Waals surface area contributed by atoms with Gasteiger partial charge in [0.1, 0.15) is 10.9 Å². The van der Waals surface area contributed by atoms with E-state index in [0.29, 0.717) is 22.5 Å². The number of pyridine rings is 2. The molecule has 3 N–H and O–H groups in total. The van der Waals surface area contributed by atoms with Gasteiger partial charge < -0.3 is 16.0 Å². The summed E-state index contributed by atoms with van der Waals surface area (Å²) in [7, 11) is 0. The van der Waals surface area contributed by atoms with E-state index in [2.05, 4.69) is 25.9 Å². The van der Waals surface area contributed by atoms with Crippen LogP contribution in [0.2, 0.25) is 0 Å². The number of carbonyl (C=O) groups excluding carboxylic acids is 3. The van der Waals surface area contributed by atoms with E-state index in [1.165, 1.54) is 11.8 Å². The largest absolute Gasteiger partial charge is 0.325 e. The summed E-state index contributed by atoms with van der Waals surface area (Å²) in [4.78, 5) is 48.4. The second-order valence-electron chi connectivity index (χ2n) is 9.28. The molecule has 2 aromatic heterocycles. The summed E-state index contributed by atoms with van der Waals surface area (Å²) in [6.07, 6.45) is 8.04. The second kappa shape index (κ2) is 14.4. The molecule has 0 spiro atoms. The molecule has 5 rings (SSSR count). The minimum absolute atomic E-state index is 0.0669. The van der Waals surface area contributed by atoms with Crippen molar-refractivity contribution in [2.75, 3.05) is 10.6 Å². The lowest BCUT2D eigenvalue weighted by Crippen LogP contribution is -2.30. The van der Waals surface area contributed by atoms with Gasteiger partial charge in [0.15, 0.2) is 0 Å². The molecule has 0 fully saturated rings. The number of hydrogen-bond donors (Lipinski definition) is 3. The van der Waals surface area contributed by atoms with E-state index in [1.807, 2.05) is 48.5 Å². The van der Waals surface area contributed by atoms with E-state index in [9.17, 15) is 14.4 Å². The minimum Gasteiger partial charge on any atom is -0.325 e. The smallest absolute Gasteiger partial charge is 0.272 e. The second-order valence-corrected chi connectivity index (χ2v) is 10.5. The molecule has 3 amide bonds. The van der Waals surface area contributed by atoms with Crippen LogP contribution in [0.3, 0.4) is 0 Å². The van der Waals surface area contributed by atoms with Crippen LogP contribution in [0.1, 0.15) is 26.7 Å². The number of nitrogens with one attached hydrogen (secondary N) is 3. The van der Waals surface area contributed by atoms with Gasteiger partial charge in [-0.1, -0.05) is 54.6 Å². The first-order chi connectivity index (χ1) is 21.0. The summed E-state index contributed by atoms with van der Waals surface area (Å²) in [6, 6.07) is 32.4. The van der Waals surface area contributed by atoms with Crippen molar-refractivity contribution in [3.63, 3.8) is 0 Å². The van der Waals surface area contributed by atoms with Gasteiger partial charge in [-0.3, -0.25) is 24.4 Å². The molecule has 0 bridgehead atoms. The lowest BCUT2D eigenvalue weighted by molar-refractivity contribution is -0.116. The lowest BCUT2D eigenvalue weighted by atomic mass is 10.1. The fourth-order valence-electron chi connectivity index (χ4n) is 4.07. The monoisotopic (exact) mass is 585 g/mol. The van der Waals surface area contributed by atoms with Crippen molar-refractivity contribution in [1.29, 1.82) is 0 Å². The molecule has 5 aromatic rings. The van der Waals surface area contributed by atoms with Crippen molar-refractivity contribution >= 4 is 46.9 Å². The first-order valence-corrected chi connectivity index (χ1v) is 14.3. The van der Waals surface area contributed by atoms with Gasteiger partial charge in [0.2, 0.25) is 5.91 Å². The van der Waals surface area contributed by atoms with Crippen LogP contribution in [0, 0.1) is 0 Å². The molecule has 212 valence electrons. The fraction of sp³-hybridized carbons (Fsp3) is 0.0294. The molecule has 43 heavy (non-hydrogen) atoms. The van der Waals surface area contributed by atoms with Gasteiger partial charge in [0.05, 0.1) is 0 Å². The zero-order valence-electron chi connectivity index (χ0n) is 22.9. The Kier molecular flexibility index (Phi) is 9.69. The van der Waals surface area contributed by atoms with Crippen LogP contribution in [-0.2, 0) is 9.59 Å². The molecule has 2 heterocycles. The van der Waals surface area contributed by atoms with Crippen LogP contribution in [0.15, 0.2) is 145 Å². The van der Waals surface area contributed by atoms with Crippen molar-refractivity contribution in [2.24, 2.45) is 0 Å². The van der Waals surface area contributed by atoms with Crippen LogP contribution in [0.4, 0.5) is 11.4 Å². The third kappa shape index (κ3) is 8.25. The first-order valence-electron chi connectivity index (χ1n) is 13.4. The Bertz CT molecular complexity index is 1700. The van der Waals surface area contributed by atoms with E-state index >= 15 is 0 Å². The molecule has 0 aliphatic rings. The molecule has 9 heteroatoms. The van der Waals surface area contributed by atoms with Gasteiger partial charge in [0, 0.05) is 46.6 Å². The maximum atomic E-state index is 13.3. The highest BCUT2D eigenvalue weighted by Gasteiger charge is 2.22. The zero-order chi connectivity index (χ0) is 29.9. The van der Waals surface area contributed by atoms with Gasteiger partial charge >= 0.3 is 0 Å². The molecule has 0 saturated carbocycles. The third-order valence-electron chi connectivity index (χ3n) is 6.18. The van der Waals surface area contributed by atoms with Gasteiger partial charge in [0.25, 0.3) is 11.8 Å². The van der Waals surface area contributed by atoms with Gasteiger partial charge in [-0.25, -0.2) is 0 Å². The predicted molar refractivity (Wildman–Crippen MR) is 169 cm³/mol. The Balaban J connectivity index is 1.31. The normalized spacial score (nSPS) is 11.7. The number of anilines is 2. The molecule has 1 atom stereocenters. The predicted octanol–water partition coefficient (Wildman–Crippen LogP) is 6.36. The maximum Gasteiger partial charge on any atom is 0.272 e. The zero-order valence-corrected chi connectivity index (χ0v) is 23.7. The Morgan fingerprint density at radius 3 is 2.02 bits per heavy atom. The number of carbonyl (C=O) groups is 3. The highest BCUT2D eigenvalue weighted by atomic mass is 32.2. The van der Waals surface area contributed by atoms with Gasteiger partial charge in [-0.15, -0.1) is 11.8 Å².